The zero-order valence-corrected chi connectivity index (χ0v) is 22.4. The first-order valence-electron chi connectivity index (χ1n) is 13.0. The Hall–Kier alpha value is -4.05. The molecule has 0 aliphatic rings. The molecule has 0 saturated heterocycles. The number of carbonyl (C=O) groups is 2. The van der Waals surface area contributed by atoms with Crippen molar-refractivity contribution in [2.45, 2.75) is 51.6 Å². The number of aryl methyl sites for hydroxylation is 1. The first kappa shape index (κ1) is 30.5. The van der Waals surface area contributed by atoms with E-state index >= 15 is 0 Å². The van der Waals surface area contributed by atoms with Crippen molar-refractivity contribution in [3.05, 3.63) is 78.4 Å². The first-order chi connectivity index (χ1) is 19.1. The Kier molecular flexibility index (Phi) is 11.0. The van der Waals surface area contributed by atoms with E-state index in [1.54, 1.807) is 18.2 Å². The Balaban J connectivity index is 1.94. The number of alkyl halides is 3. The van der Waals surface area contributed by atoms with Gasteiger partial charge in [0.15, 0.2) is 0 Å². The van der Waals surface area contributed by atoms with Crippen LogP contribution in [0.1, 0.15) is 38.2 Å². The minimum atomic E-state index is -4.81. The number of esters is 1. The molecule has 0 radical (unpaired) electrons. The highest BCUT2D eigenvalue weighted by molar-refractivity contribution is 6.38. The minimum absolute atomic E-state index is 0.196. The van der Waals surface area contributed by atoms with E-state index in [-0.39, 0.29) is 12.3 Å². The van der Waals surface area contributed by atoms with E-state index in [1.807, 2.05) is 37.3 Å². The highest BCUT2D eigenvalue weighted by atomic mass is 19.4. The topological polar surface area (TPSA) is 91.1 Å². The summed E-state index contributed by atoms with van der Waals surface area (Å²) in [4.78, 5) is 26.8. The van der Waals surface area contributed by atoms with Gasteiger partial charge in [-0.05, 0) is 66.6 Å². The molecule has 3 aromatic carbocycles. The average molecular weight is 559 g/mol. The monoisotopic (exact) mass is 558 g/mol. The molecule has 0 bridgehead atoms. The minimum Gasteiger partial charge on any atom is -0.473 e. The van der Waals surface area contributed by atoms with Gasteiger partial charge in [0.1, 0.15) is 17.7 Å². The molecule has 0 heterocycles. The predicted molar refractivity (Wildman–Crippen MR) is 146 cm³/mol. The molecule has 40 heavy (non-hydrogen) atoms. The Morgan fingerprint density at radius 2 is 1.62 bits per heavy atom. The van der Waals surface area contributed by atoms with Crippen LogP contribution in [0.2, 0.25) is 0 Å². The summed E-state index contributed by atoms with van der Waals surface area (Å²) < 4.78 is 52.4. The molecule has 2 N–H and O–H groups in total. The number of halogens is 3. The lowest BCUT2D eigenvalue weighted by Gasteiger charge is -2.26. The van der Waals surface area contributed by atoms with Gasteiger partial charge in [0.2, 0.25) is 0 Å². The highest BCUT2D eigenvalue weighted by Crippen LogP contribution is 2.36. The molecule has 0 aromatic heterocycles. The number of ether oxygens (including phenoxy) is 3. The summed E-state index contributed by atoms with van der Waals surface area (Å²) in [7, 11) is 1.13. The predicted octanol–water partition coefficient (Wildman–Crippen LogP) is 6.24. The number of nitrogens with two attached hydrogens (primary N) is 1. The second-order valence-electron chi connectivity index (χ2n) is 9.09. The molecule has 0 spiro atoms. The van der Waals surface area contributed by atoms with Crippen molar-refractivity contribution in [3.8, 4) is 22.6 Å². The lowest BCUT2D eigenvalue weighted by atomic mass is 10.0. The molecule has 0 aliphatic heterocycles. The van der Waals surface area contributed by atoms with Gasteiger partial charge in [0.05, 0.1) is 12.8 Å². The number of carbonyl (C=O) groups excluding carboxylic acids is 2. The molecule has 7 nitrogen and oxygen atoms in total. The van der Waals surface area contributed by atoms with Crippen LogP contribution in [0.25, 0.3) is 11.1 Å². The molecule has 214 valence electrons. The molecule has 3 rings (SSSR count). The van der Waals surface area contributed by atoms with Gasteiger partial charge in [-0.15, -0.1) is 13.2 Å². The molecule has 1 atom stereocenters. The molecule has 10 heteroatoms. The van der Waals surface area contributed by atoms with Crippen molar-refractivity contribution in [1.29, 1.82) is 0 Å². The summed E-state index contributed by atoms with van der Waals surface area (Å²) in [6.45, 7) is 2.15. The molecule has 0 saturated carbocycles. The fourth-order valence-electron chi connectivity index (χ4n) is 4.14. The molecule has 1 unspecified atom stereocenters. The van der Waals surface area contributed by atoms with Crippen LogP contribution in [0.4, 0.5) is 18.9 Å². The summed E-state index contributed by atoms with van der Waals surface area (Å²) in [5, 5.41) is 0. The normalized spacial score (nSPS) is 11.9. The third kappa shape index (κ3) is 9.01. The van der Waals surface area contributed by atoms with Crippen molar-refractivity contribution in [1.82, 2.24) is 0 Å². The zero-order chi connectivity index (χ0) is 29.1. The maximum atomic E-state index is 13.2. The summed E-state index contributed by atoms with van der Waals surface area (Å²) in [6, 6.07) is 20.2. The third-order valence-corrected chi connectivity index (χ3v) is 6.07. The number of hydrogen-bond acceptors (Lipinski definition) is 6. The zero-order valence-electron chi connectivity index (χ0n) is 22.4. The van der Waals surface area contributed by atoms with Crippen LogP contribution in [-0.4, -0.2) is 38.1 Å². The SMILES string of the molecule is CCCC(N)Oc1ccc(-c2ccc(OC(F)(F)F)cc2)cc1N(CCCCc1ccccc1)C(=O)C(=O)OC. The van der Waals surface area contributed by atoms with Crippen molar-refractivity contribution in [2.75, 3.05) is 18.6 Å². The molecular weight excluding hydrogens is 525 g/mol. The number of rotatable bonds is 12. The standard InChI is InChI=1S/C30H33F3N2O5/c1-3-9-27(34)39-26-18-15-23(22-13-16-24(17-14-22)40-30(31,32)33)20-25(26)35(28(36)29(37)38-2)19-8-7-12-21-10-5-4-6-11-21/h4-6,10-11,13-18,20,27H,3,7-9,12,19,34H2,1-2H3. The fraction of sp³-hybridized carbons (Fsp3) is 0.333. The second-order valence-corrected chi connectivity index (χ2v) is 9.09. The Labute approximate surface area is 231 Å². The van der Waals surface area contributed by atoms with Crippen LogP contribution in [0, 0.1) is 0 Å². The lowest BCUT2D eigenvalue weighted by Crippen LogP contribution is -2.39. The molecule has 3 aromatic rings. The van der Waals surface area contributed by atoms with E-state index < -0.39 is 24.5 Å². The Bertz CT molecular complexity index is 1250. The summed E-state index contributed by atoms with van der Waals surface area (Å²) in [6.07, 6.45) is -2.01. The molecule has 1 amide bonds. The first-order valence-corrected chi connectivity index (χ1v) is 13.0. The van der Waals surface area contributed by atoms with Gasteiger partial charge in [-0.2, -0.15) is 0 Å². The number of methoxy groups -OCH3 is 1. The number of amides is 1. The van der Waals surface area contributed by atoms with Crippen LogP contribution < -0.4 is 20.1 Å². The fourth-order valence-corrected chi connectivity index (χ4v) is 4.14. The second kappa shape index (κ2) is 14.4. The van der Waals surface area contributed by atoms with Gasteiger partial charge in [-0.1, -0.05) is 61.9 Å². The highest BCUT2D eigenvalue weighted by Gasteiger charge is 2.31. The van der Waals surface area contributed by atoms with Crippen molar-refractivity contribution in [3.63, 3.8) is 0 Å². The molecule has 0 aliphatic carbocycles. The number of nitrogens with zero attached hydrogens (tertiary/aromatic N) is 1. The molecular formula is C30H33F3N2O5. The van der Waals surface area contributed by atoms with Gasteiger partial charge < -0.3 is 14.2 Å². The Morgan fingerprint density at radius 1 is 0.950 bits per heavy atom. The lowest BCUT2D eigenvalue weighted by molar-refractivity contribution is -0.274. The number of hydrogen-bond donors (Lipinski definition) is 1. The van der Waals surface area contributed by atoms with Crippen molar-refractivity contribution in [2.24, 2.45) is 5.73 Å². The maximum Gasteiger partial charge on any atom is 0.573 e. The van der Waals surface area contributed by atoms with E-state index in [1.165, 1.54) is 29.2 Å². The van der Waals surface area contributed by atoms with E-state index in [2.05, 4.69) is 4.74 Å². The van der Waals surface area contributed by atoms with Crippen LogP contribution in [0.15, 0.2) is 72.8 Å². The van der Waals surface area contributed by atoms with Crippen LogP contribution in [0.5, 0.6) is 11.5 Å². The maximum absolute atomic E-state index is 13.2. The van der Waals surface area contributed by atoms with Gasteiger partial charge in [-0.3, -0.25) is 15.4 Å². The van der Waals surface area contributed by atoms with E-state index in [9.17, 15) is 22.8 Å². The number of unbranched alkanes of at least 4 members (excludes halogenated alkanes) is 1. The summed E-state index contributed by atoms with van der Waals surface area (Å²) in [5.41, 5.74) is 8.73. The van der Waals surface area contributed by atoms with Crippen molar-refractivity contribution >= 4 is 17.6 Å². The quantitative estimate of drug-likeness (QED) is 0.122. The van der Waals surface area contributed by atoms with Gasteiger partial charge in [0, 0.05) is 6.54 Å². The van der Waals surface area contributed by atoms with Crippen molar-refractivity contribution < 1.29 is 37.0 Å². The third-order valence-electron chi connectivity index (χ3n) is 6.07. The van der Waals surface area contributed by atoms with E-state index in [0.717, 1.165) is 31.9 Å². The smallest absolute Gasteiger partial charge is 0.473 e. The van der Waals surface area contributed by atoms with Crippen LogP contribution in [-0.2, 0) is 20.7 Å². The largest absolute Gasteiger partial charge is 0.573 e. The van der Waals surface area contributed by atoms with Gasteiger partial charge in [-0.25, -0.2) is 4.79 Å². The van der Waals surface area contributed by atoms with E-state index in [0.29, 0.717) is 35.4 Å². The number of anilines is 1. The average Bonchev–Trinajstić information content (AvgIpc) is 2.93. The van der Waals surface area contributed by atoms with Gasteiger partial charge >= 0.3 is 18.2 Å². The summed E-state index contributed by atoms with van der Waals surface area (Å²) in [5.74, 6) is -1.97. The van der Waals surface area contributed by atoms with Gasteiger partial charge in [0.25, 0.3) is 0 Å². The molecule has 0 fully saturated rings. The Morgan fingerprint density at radius 3 is 2.25 bits per heavy atom. The van der Waals surface area contributed by atoms with E-state index in [4.69, 9.17) is 15.2 Å². The number of benzene rings is 3. The van der Waals surface area contributed by atoms with Crippen LogP contribution in [0.3, 0.4) is 0 Å². The van der Waals surface area contributed by atoms with Crippen LogP contribution >= 0.6 is 0 Å². The summed E-state index contributed by atoms with van der Waals surface area (Å²) >= 11 is 0.